The Balaban J connectivity index is 2.12. The maximum atomic E-state index is 9.99. The monoisotopic (exact) mass is 396 g/mol. The minimum atomic E-state index is -0.424. The van der Waals surface area contributed by atoms with Gasteiger partial charge in [0, 0.05) is 0 Å². The molecule has 29 heavy (non-hydrogen) atoms. The summed E-state index contributed by atoms with van der Waals surface area (Å²) in [6.07, 6.45) is 5.35. The summed E-state index contributed by atoms with van der Waals surface area (Å²) in [4.78, 5) is 0. The molecule has 0 fully saturated rings. The average molecular weight is 397 g/mol. The number of aryl methyl sites for hydroxylation is 2. The van der Waals surface area contributed by atoms with Gasteiger partial charge in [-0.15, -0.1) is 0 Å². The summed E-state index contributed by atoms with van der Waals surface area (Å²) in [6, 6.07) is 12.5. The zero-order valence-corrected chi connectivity index (χ0v) is 18.4. The highest BCUT2D eigenvalue weighted by Crippen LogP contribution is 2.31. The number of hydrogen-bond donors (Lipinski definition) is 3. The van der Waals surface area contributed by atoms with E-state index in [-0.39, 0.29) is 24.5 Å². The first-order chi connectivity index (χ1) is 13.7. The van der Waals surface area contributed by atoms with Crippen molar-refractivity contribution in [3.63, 3.8) is 0 Å². The molecule has 3 nitrogen and oxygen atoms in total. The average Bonchev–Trinajstić information content (AvgIpc) is 2.70. The summed E-state index contributed by atoms with van der Waals surface area (Å²) < 4.78 is 0. The van der Waals surface area contributed by atoms with Crippen molar-refractivity contribution in [1.29, 1.82) is 0 Å². The third kappa shape index (κ3) is 6.27. The van der Waals surface area contributed by atoms with E-state index in [1.54, 1.807) is 0 Å². The Morgan fingerprint density at radius 3 is 2.24 bits per heavy atom. The molecule has 3 N–H and O–H groups in total. The summed E-state index contributed by atoms with van der Waals surface area (Å²) in [6.45, 7) is 10.6. The van der Waals surface area contributed by atoms with Crippen molar-refractivity contribution < 1.29 is 15.3 Å². The smallest absolute Gasteiger partial charge is 0.0747 e. The first-order valence-electron chi connectivity index (χ1n) is 10.5. The fourth-order valence-corrected chi connectivity index (χ4v) is 3.45. The summed E-state index contributed by atoms with van der Waals surface area (Å²) in [5.74, 6) is 0.211. The van der Waals surface area contributed by atoms with Crippen LogP contribution in [0, 0.1) is 12.8 Å². The molecule has 2 aromatic carbocycles. The lowest BCUT2D eigenvalue weighted by atomic mass is 9.78. The maximum Gasteiger partial charge on any atom is 0.0747 e. The molecule has 0 aromatic heterocycles. The highest BCUT2D eigenvalue weighted by atomic mass is 16.3. The minimum absolute atomic E-state index is 0.0134. The SMILES string of the molecule is Cc1cc(C(C)(C)CCc2ccc(CO)c(CO)c2)ccc1C=CC(O)C(C)C. The third-order valence-corrected chi connectivity index (χ3v) is 5.86. The largest absolute Gasteiger partial charge is 0.392 e. The lowest BCUT2D eigenvalue weighted by molar-refractivity contribution is 0.173. The topological polar surface area (TPSA) is 60.7 Å². The zero-order valence-electron chi connectivity index (χ0n) is 18.4. The van der Waals surface area contributed by atoms with Crippen molar-refractivity contribution in [2.45, 2.75) is 72.2 Å². The van der Waals surface area contributed by atoms with E-state index >= 15 is 0 Å². The molecule has 0 spiro atoms. The van der Waals surface area contributed by atoms with E-state index in [1.165, 1.54) is 16.7 Å². The van der Waals surface area contributed by atoms with Crippen LogP contribution in [0.1, 0.15) is 67.5 Å². The van der Waals surface area contributed by atoms with Crippen molar-refractivity contribution in [2.75, 3.05) is 0 Å². The number of aliphatic hydroxyl groups excluding tert-OH is 3. The van der Waals surface area contributed by atoms with Gasteiger partial charge in [-0.05, 0) is 64.5 Å². The van der Waals surface area contributed by atoms with Gasteiger partial charge in [0.25, 0.3) is 0 Å². The van der Waals surface area contributed by atoms with Crippen LogP contribution in [-0.2, 0) is 25.0 Å². The standard InChI is InChI=1S/C26H36O3/c1-18(2)25(29)11-9-21-8-10-24(14-19(21)3)26(4,5)13-12-20-6-7-22(16-27)23(15-20)17-28/h6-11,14-15,18,25,27-29H,12-13,16-17H2,1-5H3. The molecule has 1 unspecified atom stereocenters. The Bertz CT molecular complexity index is 834. The van der Waals surface area contributed by atoms with Gasteiger partial charge in [-0.3, -0.25) is 0 Å². The van der Waals surface area contributed by atoms with Crippen LogP contribution in [0.4, 0.5) is 0 Å². The van der Waals surface area contributed by atoms with Crippen molar-refractivity contribution >= 4 is 6.08 Å². The van der Waals surface area contributed by atoms with Gasteiger partial charge in [0.2, 0.25) is 0 Å². The van der Waals surface area contributed by atoms with E-state index in [0.717, 1.165) is 29.5 Å². The molecule has 0 bridgehead atoms. The third-order valence-electron chi connectivity index (χ3n) is 5.86. The molecule has 0 heterocycles. The molecule has 0 aliphatic rings. The molecule has 0 radical (unpaired) electrons. The van der Waals surface area contributed by atoms with Crippen LogP contribution >= 0.6 is 0 Å². The Kier molecular flexibility index (Phi) is 8.21. The fourth-order valence-electron chi connectivity index (χ4n) is 3.45. The predicted molar refractivity (Wildman–Crippen MR) is 121 cm³/mol. The quantitative estimate of drug-likeness (QED) is 0.564. The summed E-state index contributed by atoms with van der Waals surface area (Å²) >= 11 is 0. The van der Waals surface area contributed by atoms with Crippen molar-refractivity contribution in [3.8, 4) is 0 Å². The molecule has 158 valence electrons. The van der Waals surface area contributed by atoms with Crippen molar-refractivity contribution in [1.82, 2.24) is 0 Å². The number of hydrogen-bond acceptors (Lipinski definition) is 3. The van der Waals surface area contributed by atoms with Crippen LogP contribution in [0.15, 0.2) is 42.5 Å². The van der Waals surface area contributed by atoms with E-state index in [9.17, 15) is 15.3 Å². The normalized spacial score (nSPS) is 13.4. The van der Waals surface area contributed by atoms with Crippen LogP contribution in [0.2, 0.25) is 0 Å². The van der Waals surface area contributed by atoms with Crippen molar-refractivity contribution in [2.24, 2.45) is 5.92 Å². The summed E-state index contributed by atoms with van der Waals surface area (Å²) in [5, 5.41) is 28.9. The Hall–Kier alpha value is -1.94. The number of rotatable bonds is 9. The van der Waals surface area contributed by atoms with Gasteiger partial charge in [0.05, 0.1) is 19.3 Å². The predicted octanol–water partition coefficient (Wildman–Crippen LogP) is 4.92. The Labute approximate surface area is 175 Å². The molecule has 0 saturated carbocycles. The Morgan fingerprint density at radius 1 is 0.966 bits per heavy atom. The van der Waals surface area contributed by atoms with E-state index in [2.05, 4.69) is 39.0 Å². The molecule has 1 atom stereocenters. The molecule has 0 aliphatic carbocycles. The van der Waals surface area contributed by atoms with Crippen LogP contribution in [0.3, 0.4) is 0 Å². The molecule has 0 amide bonds. The highest BCUT2D eigenvalue weighted by molar-refractivity contribution is 5.55. The number of benzene rings is 2. The second-order valence-corrected chi connectivity index (χ2v) is 8.97. The molecule has 0 aliphatic heterocycles. The second kappa shape index (κ2) is 10.2. The van der Waals surface area contributed by atoms with E-state index < -0.39 is 6.10 Å². The highest BCUT2D eigenvalue weighted by Gasteiger charge is 2.21. The van der Waals surface area contributed by atoms with Gasteiger partial charge in [-0.25, -0.2) is 0 Å². The van der Waals surface area contributed by atoms with E-state index in [1.807, 2.05) is 44.2 Å². The van der Waals surface area contributed by atoms with Gasteiger partial charge in [0.1, 0.15) is 0 Å². The van der Waals surface area contributed by atoms with E-state index in [0.29, 0.717) is 0 Å². The second-order valence-electron chi connectivity index (χ2n) is 8.97. The van der Waals surface area contributed by atoms with Crippen LogP contribution in [0.25, 0.3) is 6.08 Å². The fraction of sp³-hybridized carbons (Fsp3) is 0.462. The van der Waals surface area contributed by atoms with Gasteiger partial charge < -0.3 is 15.3 Å². The molecule has 0 saturated heterocycles. The first-order valence-corrected chi connectivity index (χ1v) is 10.5. The molecule has 2 aromatic rings. The van der Waals surface area contributed by atoms with Gasteiger partial charge in [0.15, 0.2) is 0 Å². The van der Waals surface area contributed by atoms with Gasteiger partial charge >= 0.3 is 0 Å². The Morgan fingerprint density at radius 2 is 1.66 bits per heavy atom. The summed E-state index contributed by atoms with van der Waals surface area (Å²) in [5.41, 5.74) is 6.42. The van der Waals surface area contributed by atoms with Crippen LogP contribution in [-0.4, -0.2) is 21.4 Å². The zero-order chi connectivity index (χ0) is 21.6. The lowest BCUT2D eigenvalue weighted by Crippen LogP contribution is -2.18. The van der Waals surface area contributed by atoms with Gasteiger partial charge in [-0.2, -0.15) is 0 Å². The molecular formula is C26H36O3. The van der Waals surface area contributed by atoms with Crippen LogP contribution in [0.5, 0.6) is 0 Å². The van der Waals surface area contributed by atoms with Crippen molar-refractivity contribution in [3.05, 3.63) is 75.9 Å². The van der Waals surface area contributed by atoms with E-state index in [4.69, 9.17) is 0 Å². The maximum absolute atomic E-state index is 9.99. The minimum Gasteiger partial charge on any atom is -0.392 e. The summed E-state index contributed by atoms with van der Waals surface area (Å²) in [7, 11) is 0. The van der Waals surface area contributed by atoms with Gasteiger partial charge in [-0.1, -0.05) is 76.2 Å². The lowest BCUT2D eigenvalue weighted by Gasteiger charge is -2.26. The van der Waals surface area contributed by atoms with Crippen LogP contribution < -0.4 is 0 Å². The number of aliphatic hydroxyl groups is 3. The first kappa shape index (κ1) is 23.3. The molecular weight excluding hydrogens is 360 g/mol. The molecule has 3 heteroatoms. The molecule has 2 rings (SSSR count).